The number of amides is 2. The van der Waals surface area contributed by atoms with Crippen molar-refractivity contribution in [2.24, 2.45) is 5.92 Å². The molecule has 1 aliphatic carbocycles. The van der Waals surface area contributed by atoms with Crippen LogP contribution in [-0.2, 0) is 16.1 Å². The number of carbonyl (C=O) groups excluding carboxylic acids is 2. The molecule has 1 saturated heterocycles. The second-order valence-electron chi connectivity index (χ2n) is 8.09. The quantitative estimate of drug-likeness (QED) is 0.750. The molecule has 2 amide bonds. The molecule has 158 valence electrons. The van der Waals surface area contributed by atoms with Crippen molar-refractivity contribution in [2.45, 2.75) is 44.9 Å². The Bertz CT molecular complexity index is 865. The van der Waals surface area contributed by atoms with Gasteiger partial charge in [0, 0.05) is 18.9 Å². The molecule has 0 aromatic heterocycles. The number of nitrogens with one attached hydrogen (secondary N) is 1. The smallest absolute Gasteiger partial charge is 0.410 e. The Morgan fingerprint density at radius 3 is 2.50 bits per heavy atom. The van der Waals surface area contributed by atoms with Crippen LogP contribution in [0.25, 0.3) is 0 Å². The Labute approximate surface area is 177 Å². The normalized spacial score (nSPS) is 19.2. The van der Waals surface area contributed by atoms with E-state index in [2.05, 4.69) is 5.32 Å². The predicted octanol–water partition coefficient (Wildman–Crippen LogP) is 4.06. The van der Waals surface area contributed by atoms with Gasteiger partial charge in [0.25, 0.3) is 0 Å². The zero-order valence-corrected chi connectivity index (χ0v) is 17.3. The van der Waals surface area contributed by atoms with Gasteiger partial charge in [-0.3, -0.25) is 4.79 Å². The highest BCUT2D eigenvalue weighted by molar-refractivity contribution is 5.81. The zero-order valence-electron chi connectivity index (χ0n) is 17.3. The summed E-state index contributed by atoms with van der Waals surface area (Å²) >= 11 is 0. The van der Waals surface area contributed by atoms with Gasteiger partial charge in [0.1, 0.15) is 18.5 Å². The van der Waals surface area contributed by atoms with Gasteiger partial charge in [0.05, 0.1) is 12.6 Å². The minimum Gasteiger partial charge on any atom is -0.489 e. The number of carbonyl (C=O) groups is 2. The van der Waals surface area contributed by atoms with E-state index in [0.29, 0.717) is 13.1 Å². The van der Waals surface area contributed by atoms with Crippen molar-refractivity contribution >= 4 is 12.0 Å². The van der Waals surface area contributed by atoms with Gasteiger partial charge in [0.2, 0.25) is 5.91 Å². The highest BCUT2D eigenvalue weighted by Gasteiger charge is 2.31. The Hall–Kier alpha value is -3.02. The van der Waals surface area contributed by atoms with Gasteiger partial charge in [-0.1, -0.05) is 42.5 Å². The summed E-state index contributed by atoms with van der Waals surface area (Å²) in [6.45, 7) is 3.41. The Kier molecular flexibility index (Phi) is 6.21. The minimum absolute atomic E-state index is 0.0199. The molecule has 0 radical (unpaired) electrons. The molecule has 6 nitrogen and oxygen atoms in total. The highest BCUT2D eigenvalue weighted by atomic mass is 16.6. The highest BCUT2D eigenvalue weighted by Crippen LogP contribution is 2.30. The predicted molar refractivity (Wildman–Crippen MR) is 113 cm³/mol. The van der Waals surface area contributed by atoms with Gasteiger partial charge in [-0.15, -0.1) is 0 Å². The van der Waals surface area contributed by atoms with E-state index in [4.69, 9.17) is 9.47 Å². The lowest BCUT2D eigenvalue weighted by Gasteiger charge is -2.18. The second-order valence-corrected chi connectivity index (χ2v) is 8.09. The molecule has 2 aromatic carbocycles. The van der Waals surface area contributed by atoms with Crippen molar-refractivity contribution in [2.75, 3.05) is 13.1 Å². The molecule has 2 aromatic rings. The average Bonchev–Trinajstić information content (AvgIpc) is 3.52. The first kappa shape index (κ1) is 20.3. The van der Waals surface area contributed by atoms with Crippen molar-refractivity contribution in [3.05, 3.63) is 65.7 Å². The maximum Gasteiger partial charge on any atom is 0.410 e. The van der Waals surface area contributed by atoms with E-state index in [1.807, 2.05) is 61.5 Å². The largest absolute Gasteiger partial charge is 0.489 e. The number of rotatable bonds is 7. The summed E-state index contributed by atoms with van der Waals surface area (Å²) in [5, 5.41) is 3.05. The maximum atomic E-state index is 12.3. The first-order valence-electron chi connectivity index (χ1n) is 10.6. The number of ether oxygens (including phenoxy) is 2. The Morgan fingerprint density at radius 2 is 1.80 bits per heavy atom. The number of likely N-dealkylation sites (tertiary alicyclic amines) is 1. The molecule has 1 N–H and O–H groups in total. The Balaban J connectivity index is 1.23. The maximum absolute atomic E-state index is 12.3. The van der Waals surface area contributed by atoms with Gasteiger partial charge in [-0.05, 0) is 43.0 Å². The van der Waals surface area contributed by atoms with Crippen LogP contribution in [0.2, 0.25) is 0 Å². The van der Waals surface area contributed by atoms with E-state index >= 15 is 0 Å². The van der Waals surface area contributed by atoms with Gasteiger partial charge >= 0.3 is 6.09 Å². The fraction of sp³-hybridized carbons (Fsp3) is 0.417. The molecule has 0 unspecified atom stereocenters. The van der Waals surface area contributed by atoms with Gasteiger partial charge in [-0.25, -0.2) is 4.79 Å². The zero-order chi connectivity index (χ0) is 20.9. The summed E-state index contributed by atoms with van der Waals surface area (Å²) < 4.78 is 11.4. The van der Waals surface area contributed by atoms with Crippen molar-refractivity contribution in [3.8, 4) is 5.75 Å². The van der Waals surface area contributed by atoms with Crippen molar-refractivity contribution < 1.29 is 19.1 Å². The first-order valence-corrected chi connectivity index (χ1v) is 10.6. The molecule has 1 aliphatic heterocycles. The van der Waals surface area contributed by atoms with Crippen LogP contribution in [0.1, 0.15) is 43.4 Å². The van der Waals surface area contributed by atoms with Crippen LogP contribution in [0.15, 0.2) is 54.6 Å². The summed E-state index contributed by atoms with van der Waals surface area (Å²) in [5.74, 6) is 1.12. The average molecular weight is 408 g/mol. The first-order chi connectivity index (χ1) is 14.6. The van der Waals surface area contributed by atoms with E-state index < -0.39 is 0 Å². The Morgan fingerprint density at radius 1 is 1.07 bits per heavy atom. The molecule has 2 atom stereocenters. The molecule has 6 heteroatoms. The van der Waals surface area contributed by atoms with E-state index in [1.165, 1.54) is 0 Å². The van der Waals surface area contributed by atoms with E-state index in [0.717, 1.165) is 36.1 Å². The number of hydrogen-bond donors (Lipinski definition) is 1. The summed E-state index contributed by atoms with van der Waals surface area (Å²) in [6.07, 6.45) is 2.43. The van der Waals surface area contributed by atoms with E-state index in [1.54, 1.807) is 4.90 Å². The third-order valence-electron chi connectivity index (χ3n) is 5.60. The molecule has 2 aliphatic rings. The van der Waals surface area contributed by atoms with Gasteiger partial charge in [-0.2, -0.15) is 0 Å². The van der Waals surface area contributed by atoms with E-state index in [9.17, 15) is 9.59 Å². The van der Waals surface area contributed by atoms with Crippen LogP contribution < -0.4 is 10.1 Å². The van der Waals surface area contributed by atoms with E-state index in [-0.39, 0.29) is 36.7 Å². The molecule has 2 fully saturated rings. The molecule has 0 spiro atoms. The van der Waals surface area contributed by atoms with Gasteiger partial charge < -0.3 is 19.7 Å². The van der Waals surface area contributed by atoms with Crippen LogP contribution in [0.5, 0.6) is 5.75 Å². The lowest BCUT2D eigenvalue weighted by atomic mass is 10.1. The molecular formula is C24H28N2O4. The number of nitrogens with zero attached hydrogens (tertiary/aromatic N) is 1. The van der Waals surface area contributed by atoms with Crippen molar-refractivity contribution in [3.63, 3.8) is 0 Å². The summed E-state index contributed by atoms with van der Waals surface area (Å²) in [4.78, 5) is 25.9. The van der Waals surface area contributed by atoms with Crippen molar-refractivity contribution in [1.29, 1.82) is 0 Å². The fourth-order valence-corrected chi connectivity index (χ4v) is 3.59. The molecule has 4 rings (SSSR count). The fourth-order valence-electron chi connectivity index (χ4n) is 3.59. The molecule has 1 saturated carbocycles. The van der Waals surface area contributed by atoms with Crippen LogP contribution in [-0.4, -0.2) is 36.1 Å². The molecule has 30 heavy (non-hydrogen) atoms. The van der Waals surface area contributed by atoms with Crippen LogP contribution >= 0.6 is 0 Å². The molecule has 0 bridgehead atoms. The molecular weight excluding hydrogens is 380 g/mol. The number of hydrogen-bond acceptors (Lipinski definition) is 4. The van der Waals surface area contributed by atoms with Crippen molar-refractivity contribution in [1.82, 2.24) is 10.2 Å². The topological polar surface area (TPSA) is 67.9 Å². The monoisotopic (exact) mass is 408 g/mol. The SMILES string of the molecule is C[C@H](NC(=O)C1CC1)c1ccc(O[C@@H]2CCN(C(=O)OCc3ccccc3)C2)cc1. The second kappa shape index (κ2) is 9.20. The van der Waals surface area contributed by atoms with Crippen LogP contribution in [0.3, 0.4) is 0 Å². The van der Waals surface area contributed by atoms with Crippen LogP contribution in [0.4, 0.5) is 4.79 Å². The number of benzene rings is 2. The minimum atomic E-state index is -0.305. The van der Waals surface area contributed by atoms with Gasteiger partial charge in [0.15, 0.2) is 0 Å². The summed E-state index contributed by atoms with van der Waals surface area (Å²) in [5.41, 5.74) is 2.02. The van der Waals surface area contributed by atoms with Crippen LogP contribution in [0, 0.1) is 5.92 Å². The molecule has 1 heterocycles. The lowest BCUT2D eigenvalue weighted by molar-refractivity contribution is -0.122. The summed E-state index contributed by atoms with van der Waals surface area (Å²) in [7, 11) is 0. The summed E-state index contributed by atoms with van der Waals surface area (Å²) in [6, 6.07) is 17.4. The third-order valence-corrected chi connectivity index (χ3v) is 5.60. The third kappa shape index (κ3) is 5.32. The lowest BCUT2D eigenvalue weighted by Crippen LogP contribution is -2.31. The standard InChI is InChI=1S/C24H28N2O4/c1-17(25-23(27)20-7-8-20)19-9-11-21(12-10-19)30-22-13-14-26(15-22)24(28)29-16-18-5-3-2-4-6-18/h2-6,9-12,17,20,22H,7-8,13-16H2,1H3,(H,25,27)/t17-,22+/m0/s1.